The maximum Gasteiger partial charge on any atom is 0.573 e. The van der Waals surface area contributed by atoms with Crippen molar-refractivity contribution in [3.63, 3.8) is 0 Å². The van der Waals surface area contributed by atoms with E-state index in [1.54, 1.807) is 0 Å². The Hall–Kier alpha value is -1.68. The van der Waals surface area contributed by atoms with Gasteiger partial charge in [0.1, 0.15) is 16.8 Å². The van der Waals surface area contributed by atoms with Gasteiger partial charge in [-0.25, -0.2) is 4.98 Å². The number of halogens is 4. The number of nitrogens with two attached hydrogens (primary N) is 1. The highest BCUT2D eigenvalue weighted by molar-refractivity contribution is 6.31. The van der Waals surface area contributed by atoms with Crippen LogP contribution >= 0.6 is 11.6 Å². The van der Waals surface area contributed by atoms with Crippen molar-refractivity contribution < 1.29 is 17.9 Å². The Labute approximate surface area is 87.0 Å². The first kappa shape index (κ1) is 11.4. The maximum atomic E-state index is 11.8. The van der Waals surface area contributed by atoms with Crippen molar-refractivity contribution in [2.24, 2.45) is 0 Å². The smallest absolute Gasteiger partial charge is 0.402 e. The Bertz CT molecular complexity index is 427. The van der Waals surface area contributed by atoms with Gasteiger partial charge in [0.05, 0.1) is 11.9 Å². The summed E-state index contributed by atoms with van der Waals surface area (Å²) in [7, 11) is 0. The molecule has 4 nitrogen and oxygen atoms in total. The molecule has 0 unspecified atom stereocenters. The third kappa shape index (κ3) is 2.63. The van der Waals surface area contributed by atoms with Gasteiger partial charge < -0.3 is 10.5 Å². The lowest BCUT2D eigenvalue weighted by atomic mass is 10.2. The van der Waals surface area contributed by atoms with Crippen LogP contribution in [0.25, 0.3) is 0 Å². The third-order valence-electron chi connectivity index (χ3n) is 1.37. The fraction of sp³-hybridized carbons (Fsp3) is 0.143. The predicted molar refractivity (Wildman–Crippen MR) is 45.1 cm³/mol. The second-order valence-corrected chi connectivity index (χ2v) is 2.72. The van der Waals surface area contributed by atoms with E-state index in [4.69, 9.17) is 22.6 Å². The summed E-state index contributed by atoms with van der Waals surface area (Å²) in [5.41, 5.74) is 4.39. The molecule has 0 saturated heterocycles. The van der Waals surface area contributed by atoms with Crippen LogP contribution in [0.1, 0.15) is 5.56 Å². The second kappa shape index (κ2) is 3.82. The summed E-state index contributed by atoms with van der Waals surface area (Å²) in [5.74, 6) is -0.747. The topological polar surface area (TPSA) is 71.9 Å². The first-order valence-corrected chi connectivity index (χ1v) is 3.82. The number of ether oxygens (including phenoxy) is 1. The largest absolute Gasteiger partial charge is 0.573 e. The molecule has 0 aromatic carbocycles. The molecule has 0 bridgehead atoms. The van der Waals surface area contributed by atoms with E-state index < -0.39 is 17.8 Å². The van der Waals surface area contributed by atoms with Crippen molar-refractivity contribution in [3.05, 3.63) is 16.9 Å². The lowest BCUT2D eigenvalue weighted by Crippen LogP contribution is -2.18. The number of hydrogen-bond acceptors (Lipinski definition) is 4. The minimum atomic E-state index is -4.89. The number of aromatic nitrogens is 1. The molecule has 0 fully saturated rings. The fourth-order valence-corrected chi connectivity index (χ4v) is 0.989. The molecule has 1 heterocycles. The highest BCUT2D eigenvalue weighted by Gasteiger charge is 2.32. The normalized spacial score (nSPS) is 10.9. The van der Waals surface area contributed by atoms with Crippen LogP contribution < -0.4 is 10.5 Å². The molecular formula is C7H3ClF3N3O. The van der Waals surface area contributed by atoms with Gasteiger partial charge in [-0.2, -0.15) is 5.26 Å². The SMILES string of the molecule is N#Cc1c(Cl)ncc(OC(F)(F)F)c1N. The summed E-state index contributed by atoms with van der Waals surface area (Å²) < 4.78 is 39.0. The Kier molecular flexibility index (Phi) is 2.90. The van der Waals surface area contributed by atoms with Gasteiger partial charge in [0.25, 0.3) is 0 Å². The molecule has 0 spiro atoms. The van der Waals surface area contributed by atoms with Gasteiger partial charge in [-0.05, 0) is 0 Å². The number of hydrogen-bond donors (Lipinski definition) is 1. The lowest BCUT2D eigenvalue weighted by molar-refractivity contribution is -0.274. The summed E-state index contributed by atoms with van der Waals surface area (Å²) in [5, 5.41) is 8.26. The third-order valence-corrected chi connectivity index (χ3v) is 1.66. The Morgan fingerprint density at radius 3 is 2.60 bits per heavy atom. The quantitative estimate of drug-likeness (QED) is 0.759. The first-order valence-electron chi connectivity index (χ1n) is 3.45. The molecule has 0 amide bonds. The first-order chi connectivity index (χ1) is 6.85. The molecule has 0 atom stereocenters. The number of pyridine rings is 1. The van der Waals surface area contributed by atoms with Gasteiger partial charge in [0.15, 0.2) is 5.75 Å². The molecule has 1 aromatic rings. The number of anilines is 1. The molecule has 80 valence electrons. The number of rotatable bonds is 1. The van der Waals surface area contributed by atoms with Crippen molar-refractivity contribution in [2.75, 3.05) is 5.73 Å². The van der Waals surface area contributed by atoms with E-state index in [1.807, 2.05) is 0 Å². The fourth-order valence-electron chi connectivity index (χ4n) is 0.796. The number of nitrogens with zero attached hydrogens (tertiary/aromatic N) is 2. The summed E-state index contributed by atoms with van der Waals surface area (Å²) in [6.45, 7) is 0. The molecule has 0 saturated carbocycles. The zero-order valence-electron chi connectivity index (χ0n) is 6.97. The zero-order chi connectivity index (χ0) is 11.6. The minimum absolute atomic E-state index is 0.274. The molecule has 0 aliphatic heterocycles. The van der Waals surface area contributed by atoms with E-state index in [2.05, 4.69) is 9.72 Å². The number of nitriles is 1. The van der Waals surface area contributed by atoms with Gasteiger partial charge in [-0.15, -0.1) is 13.2 Å². The lowest BCUT2D eigenvalue weighted by Gasteiger charge is -2.11. The van der Waals surface area contributed by atoms with E-state index in [0.29, 0.717) is 6.20 Å². The van der Waals surface area contributed by atoms with Gasteiger partial charge in [0, 0.05) is 0 Å². The monoisotopic (exact) mass is 237 g/mol. The van der Waals surface area contributed by atoms with E-state index in [0.717, 1.165) is 0 Å². The summed E-state index contributed by atoms with van der Waals surface area (Å²) in [6, 6.07) is 1.52. The Balaban J connectivity index is 3.18. The predicted octanol–water partition coefficient (Wildman–Crippen LogP) is 2.09. The van der Waals surface area contributed by atoms with Crippen molar-refractivity contribution in [1.29, 1.82) is 5.26 Å². The highest BCUT2D eigenvalue weighted by atomic mass is 35.5. The molecule has 0 radical (unpaired) electrons. The van der Waals surface area contributed by atoms with Crippen molar-refractivity contribution in [2.45, 2.75) is 6.36 Å². The van der Waals surface area contributed by atoms with Crippen molar-refractivity contribution in [1.82, 2.24) is 4.98 Å². The Morgan fingerprint density at radius 2 is 2.13 bits per heavy atom. The number of alkyl halides is 3. The van der Waals surface area contributed by atoms with Gasteiger partial charge in [0.2, 0.25) is 0 Å². The molecule has 2 N–H and O–H groups in total. The molecule has 1 rings (SSSR count). The molecular weight excluding hydrogens is 235 g/mol. The van der Waals surface area contributed by atoms with Crippen LogP contribution in [0.15, 0.2) is 6.20 Å². The van der Waals surface area contributed by atoms with E-state index in [9.17, 15) is 13.2 Å². The molecule has 8 heteroatoms. The standard InChI is InChI=1S/C7H3ClF3N3O/c8-6-3(1-12)5(13)4(2-14-6)15-7(9,10)11/h2H,(H2,13,14). The van der Waals surface area contributed by atoms with Crippen LogP contribution in [0.4, 0.5) is 18.9 Å². The Morgan fingerprint density at radius 1 is 1.53 bits per heavy atom. The van der Waals surface area contributed by atoms with Crippen molar-refractivity contribution in [3.8, 4) is 11.8 Å². The van der Waals surface area contributed by atoms with Crippen LogP contribution in [0.5, 0.6) is 5.75 Å². The molecule has 15 heavy (non-hydrogen) atoms. The van der Waals surface area contributed by atoms with Gasteiger partial charge in [-0.3, -0.25) is 0 Å². The van der Waals surface area contributed by atoms with E-state index >= 15 is 0 Å². The van der Waals surface area contributed by atoms with Crippen LogP contribution in [0, 0.1) is 11.3 Å². The van der Waals surface area contributed by atoms with Crippen LogP contribution in [-0.2, 0) is 0 Å². The zero-order valence-corrected chi connectivity index (χ0v) is 7.73. The van der Waals surface area contributed by atoms with E-state index in [1.165, 1.54) is 6.07 Å². The van der Waals surface area contributed by atoms with Crippen LogP contribution in [-0.4, -0.2) is 11.3 Å². The molecule has 0 aliphatic carbocycles. The van der Waals surface area contributed by atoms with Crippen LogP contribution in [0.2, 0.25) is 5.15 Å². The average Bonchev–Trinajstić information content (AvgIpc) is 2.09. The minimum Gasteiger partial charge on any atom is -0.402 e. The highest BCUT2D eigenvalue weighted by Crippen LogP contribution is 2.32. The van der Waals surface area contributed by atoms with Gasteiger partial charge in [-0.1, -0.05) is 11.6 Å². The second-order valence-electron chi connectivity index (χ2n) is 2.36. The summed E-state index contributed by atoms with van der Waals surface area (Å²) in [4.78, 5) is 3.33. The molecule has 0 aliphatic rings. The maximum absolute atomic E-state index is 11.8. The number of nitrogen functional groups attached to an aromatic ring is 1. The molecule has 1 aromatic heterocycles. The average molecular weight is 238 g/mol. The summed E-state index contributed by atoms with van der Waals surface area (Å²) >= 11 is 5.42. The van der Waals surface area contributed by atoms with E-state index in [-0.39, 0.29) is 10.7 Å². The van der Waals surface area contributed by atoms with Crippen molar-refractivity contribution >= 4 is 17.3 Å². The van der Waals surface area contributed by atoms with Crippen LogP contribution in [0.3, 0.4) is 0 Å². The van der Waals surface area contributed by atoms with Gasteiger partial charge >= 0.3 is 6.36 Å². The summed E-state index contributed by atoms with van der Waals surface area (Å²) in [6.07, 6.45) is -4.19.